The van der Waals surface area contributed by atoms with E-state index in [0.717, 1.165) is 29.7 Å². The molecular weight excluding hydrogens is 276 g/mol. The molecule has 4 heteroatoms. The summed E-state index contributed by atoms with van der Waals surface area (Å²) in [5, 5.41) is 14.3. The van der Waals surface area contributed by atoms with E-state index in [-0.39, 0.29) is 6.04 Å². The molecule has 116 valence electrons. The number of carboxylic acid groups (broad SMARTS) is 1. The number of carbonyl (C=O) groups is 1. The first kappa shape index (κ1) is 14.8. The predicted octanol–water partition coefficient (Wildman–Crippen LogP) is 4.32. The molecule has 0 bridgehead atoms. The van der Waals surface area contributed by atoms with Crippen molar-refractivity contribution in [2.75, 3.05) is 0 Å². The fourth-order valence-corrected chi connectivity index (χ4v) is 2.89. The third-order valence-electron chi connectivity index (χ3n) is 4.40. The van der Waals surface area contributed by atoms with E-state index in [0.29, 0.717) is 11.6 Å². The first-order valence-electron chi connectivity index (χ1n) is 7.83. The Kier molecular flexibility index (Phi) is 3.55. The van der Waals surface area contributed by atoms with E-state index < -0.39 is 5.97 Å². The molecule has 4 nitrogen and oxygen atoms in total. The quantitative estimate of drug-likeness (QED) is 0.914. The van der Waals surface area contributed by atoms with Gasteiger partial charge in [0.25, 0.3) is 0 Å². The molecule has 1 fully saturated rings. The van der Waals surface area contributed by atoms with Gasteiger partial charge in [-0.15, -0.1) is 0 Å². The molecule has 1 N–H and O–H groups in total. The lowest BCUT2D eigenvalue weighted by Gasteiger charge is -2.08. The van der Waals surface area contributed by atoms with Crippen LogP contribution in [0.25, 0.3) is 11.3 Å². The van der Waals surface area contributed by atoms with Gasteiger partial charge < -0.3 is 5.11 Å². The first-order valence-corrected chi connectivity index (χ1v) is 7.83. The molecule has 0 atom stereocenters. The van der Waals surface area contributed by atoms with Crippen molar-refractivity contribution in [1.29, 1.82) is 0 Å². The van der Waals surface area contributed by atoms with E-state index in [2.05, 4.69) is 31.1 Å². The number of nitrogens with zero attached hydrogens (tertiary/aromatic N) is 2. The van der Waals surface area contributed by atoms with Gasteiger partial charge >= 0.3 is 5.97 Å². The maximum atomic E-state index is 11.8. The van der Waals surface area contributed by atoms with Gasteiger partial charge in [-0.25, -0.2) is 4.79 Å². The fourth-order valence-electron chi connectivity index (χ4n) is 2.89. The number of aryl methyl sites for hydroxylation is 2. The Bertz CT molecular complexity index is 740. The highest BCUT2D eigenvalue weighted by Crippen LogP contribution is 2.46. The minimum absolute atomic E-state index is 0.0314. The number of rotatable bonds is 4. The zero-order valence-corrected chi connectivity index (χ0v) is 13.6. The van der Waals surface area contributed by atoms with Crippen LogP contribution in [0.5, 0.6) is 0 Å². The summed E-state index contributed by atoms with van der Waals surface area (Å²) in [4.78, 5) is 11.8. The highest BCUT2D eigenvalue weighted by molar-refractivity contribution is 5.90. The molecule has 1 aliphatic carbocycles. The summed E-state index contributed by atoms with van der Waals surface area (Å²) < 4.78 is 1.67. The standard InChI is InChI=1S/C18H22N2O2/c1-10(2)20-17(18(21)22)15(13-7-8-13)16(19-20)14-6-5-11(3)12(4)9-14/h5-6,9-10,13H,7-8H2,1-4H3,(H,21,22). The molecule has 0 unspecified atom stereocenters. The van der Waals surface area contributed by atoms with Crippen LogP contribution in [0.4, 0.5) is 0 Å². The normalized spacial score (nSPS) is 14.6. The Balaban J connectivity index is 2.24. The van der Waals surface area contributed by atoms with Crippen LogP contribution in [0.15, 0.2) is 18.2 Å². The Morgan fingerprint density at radius 1 is 1.27 bits per heavy atom. The SMILES string of the molecule is Cc1ccc(-c2nn(C(C)C)c(C(=O)O)c2C2CC2)cc1C. The molecule has 1 aromatic carbocycles. The van der Waals surface area contributed by atoms with Crippen LogP contribution in [0.3, 0.4) is 0 Å². The van der Waals surface area contributed by atoms with Gasteiger partial charge in [0.1, 0.15) is 0 Å². The van der Waals surface area contributed by atoms with Gasteiger partial charge in [-0.05, 0) is 63.6 Å². The zero-order valence-electron chi connectivity index (χ0n) is 13.6. The van der Waals surface area contributed by atoms with Gasteiger partial charge in [0.15, 0.2) is 5.69 Å². The van der Waals surface area contributed by atoms with E-state index >= 15 is 0 Å². The molecule has 1 saturated carbocycles. The fraction of sp³-hybridized carbons (Fsp3) is 0.444. The third-order valence-corrected chi connectivity index (χ3v) is 4.40. The van der Waals surface area contributed by atoms with Gasteiger partial charge in [-0.1, -0.05) is 12.1 Å². The van der Waals surface area contributed by atoms with Crippen molar-refractivity contribution in [3.8, 4) is 11.3 Å². The minimum Gasteiger partial charge on any atom is -0.477 e. The molecule has 1 heterocycles. The second-order valence-corrected chi connectivity index (χ2v) is 6.53. The Hall–Kier alpha value is -2.10. The maximum Gasteiger partial charge on any atom is 0.354 e. The topological polar surface area (TPSA) is 55.1 Å². The zero-order chi connectivity index (χ0) is 16.0. The lowest BCUT2D eigenvalue weighted by atomic mass is 9.99. The lowest BCUT2D eigenvalue weighted by molar-refractivity contribution is 0.0680. The van der Waals surface area contributed by atoms with E-state index in [9.17, 15) is 9.90 Å². The maximum absolute atomic E-state index is 11.8. The van der Waals surface area contributed by atoms with Crippen LogP contribution in [-0.4, -0.2) is 20.9 Å². The second-order valence-electron chi connectivity index (χ2n) is 6.53. The summed E-state index contributed by atoms with van der Waals surface area (Å²) in [5.41, 5.74) is 5.59. The summed E-state index contributed by atoms with van der Waals surface area (Å²) in [6, 6.07) is 6.27. The molecule has 3 rings (SSSR count). The second kappa shape index (κ2) is 5.27. The van der Waals surface area contributed by atoms with Crippen LogP contribution in [0.2, 0.25) is 0 Å². The van der Waals surface area contributed by atoms with E-state index in [1.54, 1.807) is 4.68 Å². The molecular formula is C18H22N2O2. The molecule has 0 saturated heterocycles. The summed E-state index contributed by atoms with van der Waals surface area (Å²) in [6.07, 6.45) is 2.11. The van der Waals surface area contributed by atoms with Crippen molar-refractivity contribution in [2.45, 2.75) is 52.5 Å². The van der Waals surface area contributed by atoms with Crippen LogP contribution in [-0.2, 0) is 0 Å². The summed E-state index contributed by atoms with van der Waals surface area (Å²) in [7, 11) is 0. The molecule has 0 aliphatic heterocycles. The summed E-state index contributed by atoms with van der Waals surface area (Å²) in [5.74, 6) is -0.534. The van der Waals surface area contributed by atoms with Crippen molar-refractivity contribution in [1.82, 2.24) is 9.78 Å². The van der Waals surface area contributed by atoms with Crippen LogP contribution in [0, 0.1) is 13.8 Å². The number of carboxylic acids is 1. The average Bonchev–Trinajstić information content (AvgIpc) is 3.20. The predicted molar refractivity (Wildman–Crippen MR) is 86.5 cm³/mol. The van der Waals surface area contributed by atoms with Crippen LogP contribution in [0.1, 0.15) is 65.8 Å². The van der Waals surface area contributed by atoms with Gasteiger partial charge in [-0.3, -0.25) is 4.68 Å². The molecule has 2 aromatic rings. The van der Waals surface area contributed by atoms with Crippen molar-refractivity contribution in [2.24, 2.45) is 0 Å². The smallest absolute Gasteiger partial charge is 0.354 e. The molecule has 0 amide bonds. The third kappa shape index (κ3) is 2.43. The van der Waals surface area contributed by atoms with Crippen molar-refractivity contribution in [3.05, 3.63) is 40.6 Å². The molecule has 0 spiro atoms. The molecule has 22 heavy (non-hydrogen) atoms. The van der Waals surface area contributed by atoms with Crippen LogP contribution >= 0.6 is 0 Å². The Morgan fingerprint density at radius 2 is 1.95 bits per heavy atom. The van der Waals surface area contributed by atoms with Crippen molar-refractivity contribution in [3.63, 3.8) is 0 Å². The number of hydrogen-bond donors (Lipinski definition) is 1. The molecule has 1 aliphatic rings. The number of aromatic nitrogens is 2. The highest BCUT2D eigenvalue weighted by Gasteiger charge is 2.35. The first-order chi connectivity index (χ1) is 10.4. The molecule has 0 radical (unpaired) electrons. The van der Waals surface area contributed by atoms with Gasteiger partial charge in [0, 0.05) is 17.2 Å². The van der Waals surface area contributed by atoms with Gasteiger partial charge in [0.05, 0.1) is 5.69 Å². The summed E-state index contributed by atoms with van der Waals surface area (Å²) >= 11 is 0. The van der Waals surface area contributed by atoms with Gasteiger partial charge in [0.2, 0.25) is 0 Å². The van der Waals surface area contributed by atoms with Gasteiger partial charge in [-0.2, -0.15) is 5.10 Å². The average molecular weight is 298 g/mol. The number of hydrogen-bond acceptors (Lipinski definition) is 2. The lowest BCUT2D eigenvalue weighted by Crippen LogP contribution is -2.13. The Morgan fingerprint density at radius 3 is 2.45 bits per heavy atom. The minimum atomic E-state index is -0.877. The summed E-state index contributed by atoms with van der Waals surface area (Å²) in [6.45, 7) is 8.10. The largest absolute Gasteiger partial charge is 0.477 e. The van der Waals surface area contributed by atoms with E-state index in [4.69, 9.17) is 0 Å². The number of benzene rings is 1. The molecule has 1 aromatic heterocycles. The van der Waals surface area contributed by atoms with Crippen molar-refractivity contribution < 1.29 is 9.90 Å². The Labute approximate surface area is 130 Å². The van der Waals surface area contributed by atoms with Crippen molar-refractivity contribution >= 4 is 5.97 Å². The number of aromatic carboxylic acids is 1. The highest BCUT2D eigenvalue weighted by atomic mass is 16.4. The van der Waals surface area contributed by atoms with Crippen LogP contribution < -0.4 is 0 Å². The monoisotopic (exact) mass is 298 g/mol. The van der Waals surface area contributed by atoms with E-state index in [1.165, 1.54) is 11.1 Å². The van der Waals surface area contributed by atoms with E-state index in [1.807, 2.05) is 19.9 Å².